The minimum Gasteiger partial charge on any atom is -0.396 e. The molecule has 1 unspecified atom stereocenters. The van der Waals surface area contributed by atoms with E-state index in [1.807, 2.05) is 0 Å². The lowest BCUT2D eigenvalue weighted by Gasteiger charge is -2.24. The van der Waals surface area contributed by atoms with Crippen LogP contribution in [-0.4, -0.2) is 63.7 Å². The largest absolute Gasteiger partial charge is 0.396 e. The van der Waals surface area contributed by atoms with E-state index >= 15 is 0 Å². The molecule has 1 aliphatic rings. The minimum absolute atomic E-state index is 0.203. The van der Waals surface area contributed by atoms with Gasteiger partial charge in [0.1, 0.15) is 0 Å². The van der Waals surface area contributed by atoms with Gasteiger partial charge in [0, 0.05) is 37.3 Å². The normalized spacial score (nSPS) is 30.1. The number of hydrogen-bond acceptors (Lipinski definition) is 6. The van der Waals surface area contributed by atoms with Gasteiger partial charge in [0.05, 0.1) is 24.9 Å². The molecule has 116 valence electrons. The summed E-state index contributed by atoms with van der Waals surface area (Å²) < 4.78 is 0. The predicted octanol–water partition coefficient (Wildman–Crippen LogP) is -1.64. The molecule has 21 heavy (non-hydrogen) atoms. The van der Waals surface area contributed by atoms with E-state index < -0.39 is 30.2 Å². The Hall–Kier alpha value is -1.54. The van der Waals surface area contributed by atoms with Crippen molar-refractivity contribution in [2.45, 2.75) is 37.1 Å². The molecule has 0 bridgehead atoms. The molecule has 1 aromatic heterocycles. The average molecular weight is 295 g/mol. The van der Waals surface area contributed by atoms with Gasteiger partial charge >= 0.3 is 0 Å². The van der Waals surface area contributed by atoms with Gasteiger partial charge < -0.3 is 26.0 Å². The molecule has 5 atom stereocenters. The van der Waals surface area contributed by atoms with E-state index in [1.165, 1.54) is 6.92 Å². The first-order valence-corrected chi connectivity index (χ1v) is 6.93. The zero-order chi connectivity index (χ0) is 15.4. The van der Waals surface area contributed by atoms with Gasteiger partial charge in [-0.3, -0.25) is 9.78 Å². The molecule has 1 aliphatic heterocycles. The number of amides is 1. The first kappa shape index (κ1) is 15.8. The zero-order valence-corrected chi connectivity index (χ0v) is 11.8. The Kier molecular flexibility index (Phi) is 5.24. The highest BCUT2D eigenvalue weighted by Gasteiger charge is 2.44. The Labute approximate surface area is 123 Å². The summed E-state index contributed by atoms with van der Waals surface area (Å²) in [7, 11) is 0. The number of nitrogens with one attached hydrogen (secondary N) is 2. The van der Waals surface area contributed by atoms with Crippen LogP contribution in [0.5, 0.6) is 0 Å². The van der Waals surface area contributed by atoms with Gasteiger partial charge in [-0.1, -0.05) is 6.07 Å². The quantitative estimate of drug-likeness (QED) is 0.445. The molecule has 7 nitrogen and oxygen atoms in total. The standard InChI is InChI=1S/C14H21N3O4/c1-8(19)16-6-11-13(20)14(21)12(17-11)9(7-18)10-4-2-3-5-15-10/h2-5,9,11-14,17-18,20-21H,6-7H2,1H3,(H,16,19)/t9?,11-,12-,13-,14-/m1/s1. The molecule has 1 saturated heterocycles. The Morgan fingerprint density at radius 1 is 1.43 bits per heavy atom. The van der Waals surface area contributed by atoms with Crippen LogP contribution >= 0.6 is 0 Å². The summed E-state index contributed by atoms with van der Waals surface area (Å²) >= 11 is 0. The molecule has 2 rings (SSSR count). The van der Waals surface area contributed by atoms with Crippen molar-refractivity contribution < 1.29 is 20.1 Å². The van der Waals surface area contributed by atoms with Crippen molar-refractivity contribution in [3.05, 3.63) is 30.1 Å². The van der Waals surface area contributed by atoms with Crippen molar-refractivity contribution in [3.8, 4) is 0 Å². The summed E-state index contributed by atoms with van der Waals surface area (Å²) in [5.74, 6) is -0.636. The number of aromatic nitrogens is 1. The van der Waals surface area contributed by atoms with Gasteiger partial charge in [-0.15, -0.1) is 0 Å². The molecule has 1 fully saturated rings. The number of carbonyl (C=O) groups is 1. The van der Waals surface area contributed by atoms with Crippen molar-refractivity contribution in [2.75, 3.05) is 13.2 Å². The van der Waals surface area contributed by atoms with Crippen LogP contribution in [-0.2, 0) is 4.79 Å². The van der Waals surface area contributed by atoms with Gasteiger partial charge in [0.25, 0.3) is 0 Å². The van der Waals surface area contributed by atoms with Crippen molar-refractivity contribution in [2.24, 2.45) is 0 Å². The van der Waals surface area contributed by atoms with E-state index in [4.69, 9.17) is 0 Å². The number of aliphatic hydroxyl groups is 3. The van der Waals surface area contributed by atoms with E-state index in [0.717, 1.165) is 0 Å². The fourth-order valence-corrected chi connectivity index (χ4v) is 2.67. The van der Waals surface area contributed by atoms with Gasteiger partial charge in [0.15, 0.2) is 0 Å². The fourth-order valence-electron chi connectivity index (χ4n) is 2.67. The lowest BCUT2D eigenvalue weighted by atomic mass is 9.92. The van der Waals surface area contributed by atoms with Crippen molar-refractivity contribution in [3.63, 3.8) is 0 Å². The van der Waals surface area contributed by atoms with Crippen LogP contribution in [0.15, 0.2) is 24.4 Å². The Bertz CT molecular complexity index is 471. The third-order valence-electron chi connectivity index (χ3n) is 3.81. The van der Waals surface area contributed by atoms with E-state index in [1.54, 1.807) is 24.4 Å². The highest BCUT2D eigenvalue weighted by Crippen LogP contribution is 2.26. The molecule has 0 radical (unpaired) electrons. The summed E-state index contributed by atoms with van der Waals surface area (Å²) in [6, 6.07) is 4.34. The highest BCUT2D eigenvalue weighted by molar-refractivity contribution is 5.72. The fraction of sp³-hybridized carbons (Fsp3) is 0.571. The SMILES string of the molecule is CC(=O)NC[C@H]1N[C@H](C(CO)c2ccccn2)[C@@H](O)[C@@H]1O. The summed E-state index contributed by atoms with van der Waals surface area (Å²) in [4.78, 5) is 15.1. The maximum Gasteiger partial charge on any atom is 0.216 e. The topological polar surface area (TPSA) is 115 Å². The third kappa shape index (κ3) is 3.56. The van der Waals surface area contributed by atoms with E-state index in [-0.39, 0.29) is 19.1 Å². The lowest BCUT2D eigenvalue weighted by Crippen LogP contribution is -2.44. The first-order valence-electron chi connectivity index (χ1n) is 6.93. The summed E-state index contributed by atoms with van der Waals surface area (Å²) in [6.45, 7) is 1.40. The van der Waals surface area contributed by atoms with E-state index in [9.17, 15) is 20.1 Å². The molecule has 0 aromatic carbocycles. The van der Waals surface area contributed by atoms with Crippen LogP contribution in [0, 0.1) is 0 Å². The van der Waals surface area contributed by atoms with Gasteiger partial charge in [-0.25, -0.2) is 0 Å². The maximum absolute atomic E-state index is 10.9. The smallest absolute Gasteiger partial charge is 0.216 e. The van der Waals surface area contributed by atoms with Crippen molar-refractivity contribution in [1.82, 2.24) is 15.6 Å². The second-order valence-corrected chi connectivity index (χ2v) is 5.26. The van der Waals surface area contributed by atoms with Crippen LogP contribution < -0.4 is 10.6 Å². The first-order chi connectivity index (χ1) is 10.0. The van der Waals surface area contributed by atoms with Crippen LogP contribution in [0.1, 0.15) is 18.5 Å². The molecule has 1 aromatic rings. The monoisotopic (exact) mass is 295 g/mol. The van der Waals surface area contributed by atoms with E-state index in [2.05, 4.69) is 15.6 Å². The average Bonchev–Trinajstić information content (AvgIpc) is 2.76. The Balaban J connectivity index is 2.10. The second kappa shape index (κ2) is 6.95. The van der Waals surface area contributed by atoms with Crippen LogP contribution in [0.4, 0.5) is 0 Å². The van der Waals surface area contributed by atoms with E-state index in [0.29, 0.717) is 5.69 Å². The van der Waals surface area contributed by atoms with Gasteiger partial charge in [-0.05, 0) is 12.1 Å². The molecule has 7 heteroatoms. The van der Waals surface area contributed by atoms with Gasteiger partial charge in [0.2, 0.25) is 5.91 Å². The van der Waals surface area contributed by atoms with Crippen molar-refractivity contribution >= 4 is 5.91 Å². The zero-order valence-electron chi connectivity index (χ0n) is 11.8. The third-order valence-corrected chi connectivity index (χ3v) is 3.81. The van der Waals surface area contributed by atoms with Crippen molar-refractivity contribution in [1.29, 1.82) is 0 Å². The molecule has 0 saturated carbocycles. The van der Waals surface area contributed by atoms with Crippen LogP contribution in [0.25, 0.3) is 0 Å². The summed E-state index contributed by atoms with van der Waals surface area (Å²) in [6.07, 6.45) is -0.438. The predicted molar refractivity (Wildman–Crippen MR) is 75.5 cm³/mol. The number of pyridine rings is 1. The Morgan fingerprint density at radius 3 is 2.76 bits per heavy atom. The number of rotatable bonds is 5. The summed E-state index contributed by atoms with van der Waals surface area (Å²) in [5, 5.41) is 35.5. The molecule has 2 heterocycles. The number of hydrogen-bond donors (Lipinski definition) is 5. The number of aliphatic hydroxyl groups excluding tert-OH is 3. The molecule has 1 amide bonds. The molecule has 5 N–H and O–H groups in total. The molecular formula is C14H21N3O4. The Morgan fingerprint density at radius 2 is 2.19 bits per heavy atom. The lowest BCUT2D eigenvalue weighted by molar-refractivity contribution is -0.119. The molecule has 0 spiro atoms. The van der Waals surface area contributed by atoms with Gasteiger partial charge in [-0.2, -0.15) is 0 Å². The molecule has 0 aliphatic carbocycles. The maximum atomic E-state index is 10.9. The molecular weight excluding hydrogens is 274 g/mol. The number of nitrogens with zero attached hydrogens (tertiary/aromatic N) is 1. The summed E-state index contributed by atoms with van der Waals surface area (Å²) in [5.41, 5.74) is 0.643. The number of carbonyl (C=O) groups excluding carboxylic acids is 1. The highest BCUT2D eigenvalue weighted by atomic mass is 16.3. The second-order valence-electron chi connectivity index (χ2n) is 5.26. The minimum atomic E-state index is -1.04. The van der Waals surface area contributed by atoms with Crippen LogP contribution in [0.3, 0.4) is 0 Å². The van der Waals surface area contributed by atoms with Crippen LogP contribution in [0.2, 0.25) is 0 Å².